The second kappa shape index (κ2) is 4.81. The third-order valence-electron chi connectivity index (χ3n) is 6.01. The first-order chi connectivity index (χ1) is 9.79. The summed E-state index contributed by atoms with van der Waals surface area (Å²) >= 11 is 0. The molecule has 0 aromatic heterocycles. The van der Waals surface area contributed by atoms with Gasteiger partial charge in [-0.25, -0.2) is 4.39 Å². The van der Waals surface area contributed by atoms with Gasteiger partial charge in [0.25, 0.3) is 0 Å². The number of fused-ring (bicyclic) bond motifs is 2. The van der Waals surface area contributed by atoms with E-state index in [0.717, 1.165) is 24.6 Å². The zero-order valence-electron chi connectivity index (χ0n) is 11.9. The number of hydrogen-bond acceptors (Lipinski definition) is 2. The maximum Gasteiger partial charge on any atom is 0.126 e. The van der Waals surface area contributed by atoms with Crippen molar-refractivity contribution in [2.45, 2.75) is 25.2 Å². The van der Waals surface area contributed by atoms with Gasteiger partial charge in [-0.05, 0) is 61.9 Å². The maximum absolute atomic E-state index is 14.3. The number of piperidine rings is 4. The lowest BCUT2D eigenvalue weighted by Crippen LogP contribution is -2.61. The Balaban J connectivity index is 1.75. The van der Waals surface area contributed by atoms with Crippen LogP contribution in [-0.2, 0) is 0 Å². The first-order valence-electron chi connectivity index (χ1n) is 7.97. The Morgan fingerprint density at radius 2 is 2.00 bits per heavy atom. The second-order valence-electron chi connectivity index (χ2n) is 6.81. The largest absolute Gasteiger partial charge is 0.316 e. The Morgan fingerprint density at radius 1 is 1.20 bits per heavy atom. The smallest absolute Gasteiger partial charge is 0.126 e. The van der Waals surface area contributed by atoms with Gasteiger partial charge in [0.15, 0.2) is 0 Å². The molecule has 1 aromatic rings. The van der Waals surface area contributed by atoms with Crippen LogP contribution in [0.15, 0.2) is 24.3 Å². The van der Waals surface area contributed by atoms with Gasteiger partial charge in [-0.1, -0.05) is 18.2 Å². The molecule has 3 heteroatoms. The van der Waals surface area contributed by atoms with E-state index in [1.807, 2.05) is 12.1 Å². The van der Waals surface area contributed by atoms with Gasteiger partial charge >= 0.3 is 0 Å². The molecule has 5 rings (SSSR count). The average molecular weight is 274 g/mol. The van der Waals surface area contributed by atoms with E-state index in [2.05, 4.69) is 10.2 Å². The lowest BCUT2D eigenvalue weighted by Gasteiger charge is -2.58. The molecule has 2 nitrogen and oxygen atoms in total. The predicted molar refractivity (Wildman–Crippen MR) is 78.2 cm³/mol. The fourth-order valence-corrected chi connectivity index (χ4v) is 5.01. The number of benzene rings is 1. The van der Waals surface area contributed by atoms with E-state index in [1.54, 1.807) is 12.1 Å². The van der Waals surface area contributed by atoms with Crippen LogP contribution in [0.2, 0.25) is 0 Å². The molecule has 1 N–H and O–H groups in total. The van der Waals surface area contributed by atoms with E-state index >= 15 is 0 Å². The Hall–Kier alpha value is -0.930. The first-order valence-corrected chi connectivity index (χ1v) is 7.97. The maximum atomic E-state index is 14.3. The van der Waals surface area contributed by atoms with E-state index < -0.39 is 0 Å². The van der Waals surface area contributed by atoms with Crippen LogP contribution in [0.1, 0.15) is 30.7 Å². The van der Waals surface area contributed by atoms with Crippen LogP contribution in [0.25, 0.3) is 0 Å². The molecular weight excluding hydrogens is 251 g/mol. The standard InChI is InChI=1S/C17H23FN2/c18-16-4-2-1-3-14(16)15-11-19-8-7-17(15)12-20-9-5-13(17)6-10-20/h1-4,13,15,19H,5-12H2. The summed E-state index contributed by atoms with van der Waals surface area (Å²) < 4.78 is 14.3. The molecule has 20 heavy (non-hydrogen) atoms. The molecule has 2 bridgehead atoms. The van der Waals surface area contributed by atoms with Crippen LogP contribution in [0.3, 0.4) is 0 Å². The molecule has 4 heterocycles. The molecule has 0 aliphatic carbocycles. The quantitative estimate of drug-likeness (QED) is 0.847. The fourth-order valence-electron chi connectivity index (χ4n) is 5.01. The molecular formula is C17H23FN2. The lowest BCUT2D eigenvalue weighted by molar-refractivity contribution is -0.0623. The van der Waals surface area contributed by atoms with Crippen molar-refractivity contribution in [2.75, 3.05) is 32.7 Å². The van der Waals surface area contributed by atoms with Gasteiger partial charge in [0.05, 0.1) is 0 Å². The van der Waals surface area contributed by atoms with Gasteiger partial charge in [-0.2, -0.15) is 0 Å². The molecule has 108 valence electrons. The van der Waals surface area contributed by atoms with Gasteiger partial charge < -0.3 is 10.2 Å². The van der Waals surface area contributed by atoms with E-state index in [1.165, 1.54) is 38.9 Å². The van der Waals surface area contributed by atoms with Crippen LogP contribution >= 0.6 is 0 Å². The van der Waals surface area contributed by atoms with Crippen LogP contribution in [0, 0.1) is 17.2 Å². The van der Waals surface area contributed by atoms with E-state index in [4.69, 9.17) is 0 Å². The highest BCUT2D eigenvalue weighted by atomic mass is 19.1. The summed E-state index contributed by atoms with van der Waals surface area (Å²) in [5, 5.41) is 3.51. The molecule has 0 amide bonds. The summed E-state index contributed by atoms with van der Waals surface area (Å²) in [6.45, 7) is 5.71. The summed E-state index contributed by atoms with van der Waals surface area (Å²) in [4.78, 5) is 2.61. The number of hydrogen-bond donors (Lipinski definition) is 1. The minimum Gasteiger partial charge on any atom is -0.316 e. The van der Waals surface area contributed by atoms with Crippen molar-refractivity contribution in [3.8, 4) is 0 Å². The Kier molecular flexibility index (Phi) is 3.08. The van der Waals surface area contributed by atoms with Crippen LogP contribution in [-0.4, -0.2) is 37.6 Å². The van der Waals surface area contributed by atoms with Crippen molar-refractivity contribution in [1.29, 1.82) is 0 Å². The molecule has 4 fully saturated rings. The summed E-state index contributed by atoms with van der Waals surface area (Å²) in [5.74, 6) is 1.11. The second-order valence-corrected chi connectivity index (χ2v) is 6.81. The van der Waals surface area contributed by atoms with Crippen LogP contribution in [0.4, 0.5) is 4.39 Å². The van der Waals surface area contributed by atoms with Crippen molar-refractivity contribution >= 4 is 0 Å². The van der Waals surface area contributed by atoms with Crippen molar-refractivity contribution in [3.63, 3.8) is 0 Å². The Morgan fingerprint density at radius 3 is 2.70 bits per heavy atom. The molecule has 4 aliphatic heterocycles. The van der Waals surface area contributed by atoms with E-state index in [0.29, 0.717) is 11.3 Å². The summed E-state index contributed by atoms with van der Waals surface area (Å²) in [6, 6.07) is 7.42. The topological polar surface area (TPSA) is 15.3 Å². The number of nitrogens with zero attached hydrogens (tertiary/aromatic N) is 1. The predicted octanol–water partition coefficient (Wildman–Crippen LogP) is 2.61. The molecule has 4 aliphatic rings. The van der Waals surface area contributed by atoms with Crippen molar-refractivity contribution in [1.82, 2.24) is 10.2 Å². The van der Waals surface area contributed by atoms with E-state index in [9.17, 15) is 4.39 Å². The molecule has 0 saturated carbocycles. The zero-order chi connectivity index (χ0) is 13.6. The summed E-state index contributed by atoms with van der Waals surface area (Å²) in [6.07, 6.45) is 3.82. The average Bonchev–Trinajstić information content (AvgIpc) is 2.50. The van der Waals surface area contributed by atoms with Gasteiger partial charge in [0, 0.05) is 19.0 Å². The minimum absolute atomic E-state index is 0.0166. The number of rotatable bonds is 1. The van der Waals surface area contributed by atoms with Gasteiger partial charge in [0.1, 0.15) is 5.82 Å². The van der Waals surface area contributed by atoms with Crippen molar-refractivity contribution in [3.05, 3.63) is 35.6 Å². The van der Waals surface area contributed by atoms with Crippen molar-refractivity contribution < 1.29 is 4.39 Å². The van der Waals surface area contributed by atoms with E-state index in [-0.39, 0.29) is 5.82 Å². The third kappa shape index (κ3) is 1.83. The lowest BCUT2D eigenvalue weighted by atomic mass is 9.56. The Bertz CT molecular complexity index is 496. The van der Waals surface area contributed by atoms with Gasteiger partial charge in [-0.3, -0.25) is 0 Å². The van der Waals surface area contributed by atoms with Gasteiger partial charge in [0.2, 0.25) is 0 Å². The Labute approximate surface area is 120 Å². The summed E-state index contributed by atoms with van der Waals surface area (Å²) in [7, 11) is 0. The molecule has 2 unspecified atom stereocenters. The van der Waals surface area contributed by atoms with Gasteiger partial charge in [-0.15, -0.1) is 0 Å². The molecule has 4 saturated heterocycles. The monoisotopic (exact) mass is 274 g/mol. The SMILES string of the molecule is Fc1ccccc1C1CNCCC12CN1CCC2CC1. The fraction of sp³-hybridized carbons (Fsp3) is 0.647. The first kappa shape index (κ1) is 12.8. The molecule has 2 atom stereocenters. The van der Waals surface area contributed by atoms with Crippen LogP contribution in [0.5, 0.6) is 0 Å². The molecule has 1 spiro atoms. The number of halogens is 1. The highest BCUT2D eigenvalue weighted by molar-refractivity contribution is 5.27. The molecule has 1 aromatic carbocycles. The number of nitrogens with one attached hydrogen (secondary N) is 1. The van der Waals surface area contributed by atoms with Crippen LogP contribution < -0.4 is 5.32 Å². The minimum atomic E-state index is -0.0166. The highest BCUT2D eigenvalue weighted by Gasteiger charge is 2.52. The van der Waals surface area contributed by atoms with Crippen molar-refractivity contribution in [2.24, 2.45) is 11.3 Å². The zero-order valence-corrected chi connectivity index (χ0v) is 11.9. The summed E-state index contributed by atoms with van der Waals surface area (Å²) in [5.41, 5.74) is 1.25. The molecule has 0 radical (unpaired) electrons. The normalized spacial score (nSPS) is 40.1. The highest BCUT2D eigenvalue weighted by Crippen LogP contribution is 2.54. The third-order valence-corrected chi connectivity index (χ3v) is 6.01.